The van der Waals surface area contributed by atoms with E-state index in [4.69, 9.17) is 11.5 Å². The molecule has 0 unspecified atom stereocenters. The molecule has 0 spiro atoms. The number of unbranched alkanes of at least 4 members (excludes halogenated alkanes) is 1. The van der Waals surface area contributed by atoms with E-state index < -0.39 is 15.9 Å². The molecule has 2 heterocycles. The maximum Gasteiger partial charge on any atom is 0.302 e. The minimum absolute atomic E-state index is 0.0300. The summed E-state index contributed by atoms with van der Waals surface area (Å²) < 4.78 is 27.3. The van der Waals surface area contributed by atoms with Gasteiger partial charge in [0.05, 0.1) is 5.75 Å². The number of benzene rings is 1. The van der Waals surface area contributed by atoms with Crippen LogP contribution in [-0.4, -0.2) is 49.4 Å². The van der Waals surface area contributed by atoms with Gasteiger partial charge in [0.15, 0.2) is 23.3 Å². The number of guanidine groups is 1. The van der Waals surface area contributed by atoms with Crippen LogP contribution in [0.25, 0.3) is 0 Å². The van der Waals surface area contributed by atoms with Crippen molar-refractivity contribution in [3.63, 3.8) is 0 Å². The molecule has 1 amide bonds. The van der Waals surface area contributed by atoms with Crippen LogP contribution in [0.5, 0.6) is 0 Å². The summed E-state index contributed by atoms with van der Waals surface area (Å²) in [7, 11) is -3.36. The summed E-state index contributed by atoms with van der Waals surface area (Å²) in [5.74, 6) is -0.209. The van der Waals surface area contributed by atoms with Crippen LogP contribution in [-0.2, 0) is 15.8 Å². The van der Waals surface area contributed by atoms with Gasteiger partial charge in [0.2, 0.25) is 10.0 Å². The lowest BCUT2D eigenvalue weighted by Gasteiger charge is -2.10. The number of carbonyl (C=O) groups is 1. The molecule has 0 bridgehead atoms. The Morgan fingerprint density at radius 2 is 1.94 bits per heavy atom. The maximum absolute atomic E-state index is 12.4. The van der Waals surface area contributed by atoms with Crippen molar-refractivity contribution in [2.24, 2.45) is 4.99 Å². The fraction of sp³-hybridized carbons (Fsp3) is 0.368. The van der Waals surface area contributed by atoms with Gasteiger partial charge in [0.25, 0.3) is 0 Å². The second-order valence-corrected chi connectivity index (χ2v) is 10.1. The predicted octanol–water partition coefficient (Wildman–Crippen LogP) is 0.593. The molecule has 1 aliphatic heterocycles. The monoisotopic (exact) mass is 572 g/mol. The zero-order chi connectivity index (χ0) is 23.1. The van der Waals surface area contributed by atoms with Gasteiger partial charge in [-0.05, 0) is 41.0 Å². The first-order valence-corrected chi connectivity index (χ1v) is 12.7. The van der Waals surface area contributed by atoms with Crippen LogP contribution in [0.3, 0.4) is 0 Å². The van der Waals surface area contributed by atoms with Crippen molar-refractivity contribution in [1.82, 2.24) is 25.3 Å². The Morgan fingerprint density at radius 1 is 1.19 bits per heavy atom. The molecule has 1 aromatic carbocycles. The molecular formula is C19H25IN8O3S. The number of halogens is 1. The lowest BCUT2D eigenvalue weighted by atomic mass is 10.1. The normalized spacial score (nSPS) is 17.2. The van der Waals surface area contributed by atoms with Crippen LogP contribution in [0.1, 0.15) is 35.3 Å². The highest BCUT2D eigenvalue weighted by Gasteiger charge is 2.21. The van der Waals surface area contributed by atoms with Crippen molar-refractivity contribution in [1.29, 1.82) is 0 Å². The molecule has 2 aromatic rings. The zero-order valence-corrected chi connectivity index (χ0v) is 20.2. The lowest BCUT2D eigenvalue weighted by Crippen LogP contribution is -2.30. The van der Waals surface area contributed by atoms with Gasteiger partial charge in [-0.2, -0.15) is 4.99 Å². The number of aromatic nitrogens is 2. The van der Waals surface area contributed by atoms with Crippen LogP contribution >= 0.6 is 22.6 Å². The van der Waals surface area contributed by atoms with E-state index in [1.54, 1.807) is 12.1 Å². The third-order valence-corrected chi connectivity index (χ3v) is 6.83. The van der Waals surface area contributed by atoms with Gasteiger partial charge >= 0.3 is 5.91 Å². The minimum atomic E-state index is -3.36. The molecule has 0 saturated carbocycles. The number of nitrogens with one attached hydrogen (secondary N) is 3. The maximum atomic E-state index is 12.4. The third kappa shape index (κ3) is 7.00. The van der Waals surface area contributed by atoms with Gasteiger partial charge in [-0.3, -0.25) is 4.79 Å². The van der Waals surface area contributed by atoms with Crippen molar-refractivity contribution in [3.8, 4) is 0 Å². The molecule has 1 saturated heterocycles. The van der Waals surface area contributed by atoms with Crippen LogP contribution in [0.4, 0.5) is 11.6 Å². The highest BCUT2D eigenvalue weighted by molar-refractivity contribution is 14.1. The van der Waals surface area contributed by atoms with Gasteiger partial charge in [-0.25, -0.2) is 23.1 Å². The Morgan fingerprint density at radius 3 is 2.69 bits per heavy atom. The molecule has 0 radical (unpaired) electrons. The second-order valence-electron chi connectivity index (χ2n) is 7.26. The van der Waals surface area contributed by atoms with E-state index in [1.807, 2.05) is 40.8 Å². The summed E-state index contributed by atoms with van der Waals surface area (Å²) in [5.41, 5.74) is 12.1. The zero-order valence-electron chi connectivity index (χ0n) is 17.2. The van der Waals surface area contributed by atoms with Crippen LogP contribution < -0.4 is 26.8 Å². The number of rotatable bonds is 9. The predicted molar refractivity (Wildman–Crippen MR) is 131 cm³/mol. The van der Waals surface area contributed by atoms with Crippen molar-refractivity contribution < 1.29 is 13.2 Å². The number of aliphatic imine (C=N–C) groups is 1. The molecule has 1 aliphatic rings. The Labute approximate surface area is 200 Å². The van der Waals surface area contributed by atoms with Crippen molar-refractivity contribution in [2.75, 3.05) is 24.6 Å². The summed E-state index contributed by atoms with van der Waals surface area (Å²) in [6.07, 6.45) is 2.30. The molecule has 11 nitrogen and oxygen atoms in total. The van der Waals surface area contributed by atoms with E-state index >= 15 is 0 Å². The quantitative estimate of drug-likeness (QED) is 0.213. The molecule has 1 atom stereocenters. The minimum Gasteiger partial charge on any atom is -0.382 e. The summed E-state index contributed by atoms with van der Waals surface area (Å²) >= 11 is 1.87. The smallest absolute Gasteiger partial charge is 0.302 e. The number of hydrogen-bond donors (Lipinski definition) is 5. The molecule has 0 aliphatic carbocycles. The average Bonchev–Trinajstić information content (AvgIpc) is 3.17. The molecule has 32 heavy (non-hydrogen) atoms. The van der Waals surface area contributed by atoms with E-state index in [0.29, 0.717) is 29.2 Å². The fourth-order valence-corrected chi connectivity index (χ4v) is 4.65. The molecule has 1 aromatic heterocycles. The fourth-order valence-electron chi connectivity index (χ4n) is 3.10. The Balaban J connectivity index is 1.40. The average molecular weight is 572 g/mol. The first-order chi connectivity index (χ1) is 15.2. The highest BCUT2D eigenvalue weighted by Crippen LogP contribution is 2.15. The number of nitrogens with zero attached hydrogens (tertiary/aromatic N) is 3. The number of hydrogen-bond acceptors (Lipinski definition) is 7. The lowest BCUT2D eigenvalue weighted by molar-refractivity contribution is 0.0998. The largest absolute Gasteiger partial charge is 0.382 e. The van der Waals surface area contributed by atoms with Gasteiger partial charge in [-0.1, -0.05) is 36.8 Å². The number of nitrogens with two attached hydrogens (primary N) is 2. The van der Waals surface area contributed by atoms with Crippen molar-refractivity contribution in [2.45, 2.75) is 31.1 Å². The molecule has 172 valence electrons. The number of anilines is 2. The van der Waals surface area contributed by atoms with E-state index in [9.17, 15) is 13.2 Å². The van der Waals surface area contributed by atoms with Gasteiger partial charge in [0, 0.05) is 19.1 Å². The SMILES string of the molecule is Nc1nc(N)c(C(=O)/N=C2\NC[C@H](CCCCNS(=O)(=O)Cc3ccccc3)N2)nc1I. The first kappa shape index (κ1) is 24.1. The van der Waals surface area contributed by atoms with Crippen molar-refractivity contribution >= 4 is 56.1 Å². The standard InChI is InChI=1S/C19H25IN8O3S/c20-15-17(22)27-16(21)14(26-15)18(29)28-19-23-10-13(25-19)8-4-5-9-24-32(30,31)11-12-6-2-1-3-7-12/h1-3,6-7,13,24H,4-5,8-11H2,(H4,21,22,27)(H2,23,25,28,29)/t13-/m0/s1. The first-order valence-electron chi connectivity index (χ1n) is 9.96. The number of nitrogen functional groups attached to an aromatic ring is 2. The van der Waals surface area contributed by atoms with E-state index in [2.05, 4.69) is 30.3 Å². The summed E-state index contributed by atoms with van der Waals surface area (Å²) in [6.45, 7) is 0.981. The van der Waals surface area contributed by atoms with E-state index in [0.717, 1.165) is 18.4 Å². The van der Waals surface area contributed by atoms with E-state index in [-0.39, 0.29) is 29.1 Å². The number of sulfonamides is 1. The molecule has 3 rings (SSSR count). The Kier molecular flexibility index (Phi) is 8.20. The molecule has 1 fully saturated rings. The Bertz CT molecular complexity index is 1100. The second kappa shape index (κ2) is 10.9. The van der Waals surface area contributed by atoms with Crippen LogP contribution in [0.2, 0.25) is 0 Å². The highest BCUT2D eigenvalue weighted by atomic mass is 127. The molecular weight excluding hydrogens is 547 g/mol. The molecule has 7 N–H and O–H groups in total. The number of amides is 1. The summed E-state index contributed by atoms with van der Waals surface area (Å²) in [6, 6.07) is 9.14. The van der Waals surface area contributed by atoms with Crippen LogP contribution in [0, 0.1) is 3.70 Å². The third-order valence-electron chi connectivity index (χ3n) is 4.68. The van der Waals surface area contributed by atoms with E-state index in [1.165, 1.54) is 0 Å². The van der Waals surface area contributed by atoms with Gasteiger partial charge in [0.1, 0.15) is 3.70 Å². The van der Waals surface area contributed by atoms with Crippen LogP contribution in [0.15, 0.2) is 35.3 Å². The van der Waals surface area contributed by atoms with Gasteiger partial charge in [-0.15, -0.1) is 0 Å². The Hall–Kier alpha value is -2.52. The summed E-state index contributed by atoms with van der Waals surface area (Å²) in [5, 5.41) is 6.18. The molecule has 13 heteroatoms. The van der Waals surface area contributed by atoms with Gasteiger partial charge < -0.3 is 22.1 Å². The summed E-state index contributed by atoms with van der Waals surface area (Å²) in [4.78, 5) is 24.3. The van der Waals surface area contributed by atoms with Crippen molar-refractivity contribution in [3.05, 3.63) is 45.3 Å². The topological polar surface area (TPSA) is 177 Å². The number of carbonyl (C=O) groups excluding carboxylic acids is 1.